The van der Waals surface area contributed by atoms with E-state index in [1.165, 1.54) is 18.1 Å². The van der Waals surface area contributed by atoms with E-state index >= 15 is 0 Å². The average molecular weight is 436 g/mol. The van der Waals surface area contributed by atoms with Crippen LogP contribution in [0.15, 0.2) is 0 Å². The van der Waals surface area contributed by atoms with E-state index in [1.807, 2.05) is 0 Å². The van der Waals surface area contributed by atoms with Gasteiger partial charge in [0.25, 0.3) is 0 Å². The van der Waals surface area contributed by atoms with Crippen LogP contribution in [0.5, 0.6) is 0 Å². The van der Waals surface area contributed by atoms with Gasteiger partial charge >= 0.3 is 11.9 Å². The maximum Gasteiger partial charge on any atom is 0.323 e. The van der Waals surface area contributed by atoms with Gasteiger partial charge in [-0.05, 0) is 26.3 Å². The monoisotopic (exact) mass is 435 g/mol. The van der Waals surface area contributed by atoms with Crippen LogP contribution in [0.1, 0.15) is 40.0 Å². The van der Waals surface area contributed by atoms with Gasteiger partial charge < -0.3 is 24.3 Å². The zero-order chi connectivity index (χ0) is 21.2. The zero-order valence-corrected chi connectivity index (χ0v) is 21.0. The van der Waals surface area contributed by atoms with Gasteiger partial charge in [-0.1, -0.05) is 38.0 Å². The summed E-state index contributed by atoms with van der Waals surface area (Å²) in [4.78, 5) is 24.2. The van der Waals surface area contributed by atoms with Gasteiger partial charge in [-0.15, -0.1) is 0 Å². The highest BCUT2D eigenvalue weighted by atomic mass is 28.3. The van der Waals surface area contributed by atoms with E-state index in [0.717, 1.165) is 18.9 Å². The second-order valence-corrected chi connectivity index (χ2v) is 12.8. The van der Waals surface area contributed by atoms with Crippen LogP contribution in [0.3, 0.4) is 0 Å². The highest BCUT2D eigenvalue weighted by molar-refractivity contribution is 6.58. The van der Waals surface area contributed by atoms with E-state index in [0.29, 0.717) is 19.8 Å². The van der Waals surface area contributed by atoms with Crippen molar-refractivity contribution in [3.8, 4) is 0 Å². The van der Waals surface area contributed by atoms with Crippen LogP contribution >= 0.6 is 0 Å². The molecular weight excluding hydrogens is 394 g/mol. The Balaban J connectivity index is 4.22. The number of carbonyl (C=O) groups is 2. The molecule has 0 rings (SSSR count). The lowest BCUT2D eigenvalue weighted by Gasteiger charge is -2.17. The lowest BCUT2D eigenvalue weighted by molar-refractivity contribution is -0.152. The second kappa shape index (κ2) is 18.3. The molecule has 166 valence electrons. The van der Waals surface area contributed by atoms with E-state index in [9.17, 15) is 9.59 Å². The Hall–Kier alpha value is -0.746. The molecule has 0 amide bonds. The molecule has 0 fully saturated rings. The summed E-state index contributed by atoms with van der Waals surface area (Å²) in [5.41, 5.74) is 0. The first-order valence-corrected chi connectivity index (χ1v) is 14.9. The van der Waals surface area contributed by atoms with E-state index in [1.54, 1.807) is 21.1 Å². The standard InChI is InChI=1S/C19H41NO6Si2/c1-6-25-18(22)16(20-11-9-13-27-19(23-4)24-5)15-17(21)26-12-10-14-28(7-2)8-3/h16,19-20,28H,6-15,27H2,1-5H3. The number of carbonyl (C=O) groups excluding carboxylic acids is 2. The first-order chi connectivity index (χ1) is 13.5. The summed E-state index contributed by atoms with van der Waals surface area (Å²) in [6.45, 7) is 7.63. The van der Waals surface area contributed by atoms with Crippen molar-refractivity contribution in [2.24, 2.45) is 0 Å². The minimum Gasteiger partial charge on any atom is -0.466 e. The number of esters is 2. The third-order valence-electron chi connectivity index (χ3n) is 4.90. The summed E-state index contributed by atoms with van der Waals surface area (Å²) in [7, 11) is 2.17. The van der Waals surface area contributed by atoms with Crippen molar-refractivity contribution in [2.75, 3.05) is 34.0 Å². The summed E-state index contributed by atoms with van der Waals surface area (Å²) in [6.07, 6.45) is 1.84. The van der Waals surface area contributed by atoms with Crippen LogP contribution in [0.2, 0.25) is 24.2 Å². The van der Waals surface area contributed by atoms with Crippen molar-refractivity contribution in [1.29, 1.82) is 0 Å². The molecule has 28 heavy (non-hydrogen) atoms. The fraction of sp³-hybridized carbons (Fsp3) is 0.895. The number of hydrogen-bond donors (Lipinski definition) is 1. The Morgan fingerprint density at radius 1 is 1.04 bits per heavy atom. The SMILES string of the molecule is CCOC(=O)C(CC(=O)OCCC[SiH](CC)CC)NCCC[SiH2]C(OC)OC. The summed E-state index contributed by atoms with van der Waals surface area (Å²) in [5, 5.41) is 3.14. The van der Waals surface area contributed by atoms with Crippen molar-refractivity contribution in [3.05, 3.63) is 0 Å². The quantitative estimate of drug-likeness (QED) is 0.152. The molecule has 0 heterocycles. The van der Waals surface area contributed by atoms with Gasteiger partial charge in [0.05, 0.1) is 29.2 Å². The highest BCUT2D eigenvalue weighted by Gasteiger charge is 2.23. The van der Waals surface area contributed by atoms with E-state index in [4.69, 9.17) is 18.9 Å². The normalized spacial score (nSPS) is 12.8. The van der Waals surface area contributed by atoms with Crippen molar-refractivity contribution in [2.45, 2.75) is 76.2 Å². The molecule has 0 saturated heterocycles. The third-order valence-corrected chi connectivity index (χ3v) is 10.5. The molecule has 0 aromatic rings. The molecule has 0 aliphatic carbocycles. The molecular formula is C19H41NO6Si2. The van der Waals surface area contributed by atoms with Crippen LogP contribution < -0.4 is 5.32 Å². The molecule has 0 aliphatic rings. The topological polar surface area (TPSA) is 83.1 Å². The van der Waals surface area contributed by atoms with Gasteiger partial charge in [-0.3, -0.25) is 9.59 Å². The van der Waals surface area contributed by atoms with Gasteiger partial charge in [0.1, 0.15) is 12.0 Å². The molecule has 0 spiro atoms. The van der Waals surface area contributed by atoms with Crippen LogP contribution in [-0.4, -0.2) is 76.2 Å². The molecule has 7 nitrogen and oxygen atoms in total. The third kappa shape index (κ3) is 13.4. The largest absolute Gasteiger partial charge is 0.466 e. The maximum absolute atomic E-state index is 12.1. The first kappa shape index (κ1) is 27.3. The van der Waals surface area contributed by atoms with Crippen LogP contribution in [0, 0.1) is 0 Å². The number of nitrogens with one attached hydrogen (secondary N) is 1. The molecule has 0 bridgehead atoms. The lowest BCUT2D eigenvalue weighted by atomic mass is 10.2. The number of methoxy groups -OCH3 is 2. The van der Waals surface area contributed by atoms with E-state index < -0.39 is 30.3 Å². The van der Waals surface area contributed by atoms with Gasteiger partial charge in [0, 0.05) is 23.0 Å². The molecule has 1 N–H and O–H groups in total. The summed E-state index contributed by atoms with van der Waals surface area (Å²) in [6, 6.07) is 4.16. The van der Waals surface area contributed by atoms with Crippen molar-refractivity contribution < 1.29 is 28.5 Å². The van der Waals surface area contributed by atoms with Crippen LogP contribution in [-0.2, 0) is 28.5 Å². The molecule has 0 aliphatic heterocycles. The fourth-order valence-corrected chi connectivity index (χ4v) is 6.49. The van der Waals surface area contributed by atoms with Gasteiger partial charge in [0.2, 0.25) is 0 Å². The van der Waals surface area contributed by atoms with Crippen LogP contribution in [0.4, 0.5) is 0 Å². The van der Waals surface area contributed by atoms with Gasteiger partial charge in [-0.25, -0.2) is 0 Å². The molecule has 1 unspecified atom stereocenters. The molecule has 0 saturated carbocycles. The Bertz CT molecular complexity index is 406. The minimum absolute atomic E-state index is 0.0114. The summed E-state index contributed by atoms with van der Waals surface area (Å²) >= 11 is 0. The number of hydrogen-bond acceptors (Lipinski definition) is 7. The van der Waals surface area contributed by atoms with Crippen molar-refractivity contribution in [1.82, 2.24) is 5.32 Å². The Morgan fingerprint density at radius 3 is 2.29 bits per heavy atom. The zero-order valence-electron chi connectivity index (χ0n) is 18.5. The number of ether oxygens (including phenoxy) is 4. The lowest BCUT2D eigenvalue weighted by Crippen LogP contribution is -2.41. The average Bonchev–Trinajstić information content (AvgIpc) is 2.70. The Kier molecular flexibility index (Phi) is 17.8. The second-order valence-electron chi connectivity index (χ2n) is 6.90. The van der Waals surface area contributed by atoms with Gasteiger partial charge in [0.15, 0.2) is 0 Å². The van der Waals surface area contributed by atoms with E-state index in [2.05, 4.69) is 19.2 Å². The summed E-state index contributed by atoms with van der Waals surface area (Å²) < 4.78 is 20.8. The maximum atomic E-state index is 12.1. The molecule has 0 aromatic heterocycles. The molecule has 1 atom stereocenters. The predicted octanol–water partition coefficient (Wildman–Crippen LogP) is 1.65. The fourth-order valence-electron chi connectivity index (χ4n) is 3.01. The van der Waals surface area contributed by atoms with Crippen LogP contribution in [0.25, 0.3) is 0 Å². The van der Waals surface area contributed by atoms with Crippen molar-refractivity contribution >= 4 is 30.3 Å². The minimum atomic E-state index is -0.650. The number of rotatable bonds is 18. The van der Waals surface area contributed by atoms with E-state index in [-0.39, 0.29) is 18.3 Å². The highest BCUT2D eigenvalue weighted by Crippen LogP contribution is 2.08. The Labute approximate surface area is 174 Å². The molecule has 9 heteroatoms. The molecule has 0 aromatic carbocycles. The smallest absolute Gasteiger partial charge is 0.323 e. The van der Waals surface area contributed by atoms with Crippen molar-refractivity contribution in [3.63, 3.8) is 0 Å². The Morgan fingerprint density at radius 2 is 1.71 bits per heavy atom. The summed E-state index contributed by atoms with van der Waals surface area (Å²) in [5.74, 6) is -0.809. The molecule has 0 radical (unpaired) electrons. The van der Waals surface area contributed by atoms with Gasteiger partial charge in [-0.2, -0.15) is 0 Å². The first-order valence-electron chi connectivity index (χ1n) is 10.6. The predicted molar refractivity (Wildman–Crippen MR) is 117 cm³/mol.